The molecule has 0 spiro atoms. The first-order valence-corrected chi connectivity index (χ1v) is 14.5. The average Bonchev–Trinajstić information content (AvgIpc) is 3.34. The second-order valence-corrected chi connectivity index (χ2v) is 11.0. The Morgan fingerprint density at radius 3 is 2.51 bits per heavy atom. The summed E-state index contributed by atoms with van der Waals surface area (Å²) in [5, 5.41) is 6.24. The van der Waals surface area contributed by atoms with E-state index in [1.54, 1.807) is 24.4 Å². The molecule has 43 heavy (non-hydrogen) atoms. The minimum absolute atomic E-state index is 0.203. The van der Waals surface area contributed by atoms with Gasteiger partial charge in [-0.2, -0.15) is 9.78 Å². The van der Waals surface area contributed by atoms with Gasteiger partial charge in [-0.15, -0.1) is 0 Å². The minimum atomic E-state index is -0.267. The van der Waals surface area contributed by atoms with Crippen LogP contribution in [0.25, 0.3) is 33.2 Å². The van der Waals surface area contributed by atoms with Crippen molar-refractivity contribution in [3.8, 4) is 17.1 Å². The lowest BCUT2D eigenvalue weighted by Crippen LogP contribution is -2.20. The number of hydrogen-bond donors (Lipinski definition) is 0. The Balaban J connectivity index is 1.52. The van der Waals surface area contributed by atoms with Crippen LogP contribution in [0.5, 0.6) is 5.75 Å². The molecule has 2 heterocycles. The predicted octanol–water partition coefficient (Wildman–Crippen LogP) is 7.92. The van der Waals surface area contributed by atoms with Gasteiger partial charge in [-0.25, -0.2) is 9.37 Å². The number of ether oxygens (including phenoxy) is 1. The number of nitrogens with zero attached hydrogens (tertiary/aromatic N) is 4. The van der Waals surface area contributed by atoms with Crippen molar-refractivity contribution < 1.29 is 9.13 Å². The van der Waals surface area contributed by atoms with Gasteiger partial charge in [0.05, 0.1) is 23.7 Å². The number of hydrogen-bond acceptors (Lipinski definition) is 4. The molecule has 6 rings (SSSR count). The first-order chi connectivity index (χ1) is 20.8. The van der Waals surface area contributed by atoms with Crippen LogP contribution in [0.15, 0.2) is 101 Å². The Morgan fingerprint density at radius 2 is 1.74 bits per heavy atom. The Bertz CT molecular complexity index is 2060. The van der Waals surface area contributed by atoms with E-state index in [1.807, 2.05) is 74.6 Å². The average molecular weight is 573 g/mol. The molecule has 0 saturated carbocycles. The summed E-state index contributed by atoms with van der Waals surface area (Å²) in [6, 6.07) is 26.0. The maximum atomic E-state index is 13.9. The van der Waals surface area contributed by atoms with Crippen LogP contribution in [0, 0.1) is 12.7 Å². The van der Waals surface area contributed by atoms with Crippen LogP contribution in [0.2, 0.25) is 0 Å². The van der Waals surface area contributed by atoms with E-state index in [-0.39, 0.29) is 17.3 Å². The highest BCUT2D eigenvalue weighted by Gasteiger charge is 2.19. The summed E-state index contributed by atoms with van der Waals surface area (Å²) < 4.78 is 23.3. The fourth-order valence-corrected chi connectivity index (χ4v) is 5.54. The quantitative estimate of drug-likeness (QED) is 0.174. The van der Waals surface area contributed by atoms with Crippen LogP contribution >= 0.6 is 0 Å². The van der Waals surface area contributed by atoms with Gasteiger partial charge in [0.2, 0.25) is 0 Å². The van der Waals surface area contributed by atoms with E-state index < -0.39 is 0 Å². The molecule has 0 saturated heterocycles. The fourth-order valence-electron chi connectivity index (χ4n) is 5.54. The van der Waals surface area contributed by atoms with Gasteiger partial charge in [-0.3, -0.25) is 4.79 Å². The molecule has 0 bridgehead atoms. The predicted molar refractivity (Wildman–Crippen MR) is 172 cm³/mol. The third-order valence-electron chi connectivity index (χ3n) is 7.65. The van der Waals surface area contributed by atoms with Gasteiger partial charge >= 0.3 is 0 Å². The second kappa shape index (κ2) is 11.7. The van der Waals surface area contributed by atoms with E-state index in [0.717, 1.165) is 44.5 Å². The molecule has 0 aliphatic rings. The monoisotopic (exact) mass is 572 g/mol. The Labute approximate surface area is 249 Å². The van der Waals surface area contributed by atoms with Crippen molar-refractivity contribution >= 4 is 28.0 Å². The van der Waals surface area contributed by atoms with Crippen molar-refractivity contribution in [3.05, 3.63) is 130 Å². The highest BCUT2D eigenvalue weighted by atomic mass is 19.1. The maximum absolute atomic E-state index is 13.9. The molecule has 0 radical (unpaired) electrons. The van der Waals surface area contributed by atoms with Crippen LogP contribution in [-0.4, -0.2) is 27.0 Å². The third kappa shape index (κ3) is 5.46. The van der Waals surface area contributed by atoms with Gasteiger partial charge < -0.3 is 9.30 Å². The summed E-state index contributed by atoms with van der Waals surface area (Å²) in [7, 11) is 0. The Morgan fingerprint density at radius 1 is 0.977 bits per heavy atom. The highest BCUT2D eigenvalue weighted by Crippen LogP contribution is 2.34. The summed E-state index contributed by atoms with van der Waals surface area (Å²) in [4.78, 5) is 18.9. The standard InChI is InChI=1S/C36H33FN4O2/c1-5-43-34-17-24(4)31(19-30(34)23(2)3)35-39-32-15-8-6-14-29(32)36(42)41(35)38-20-26-22-40(33-16-9-7-13-28(26)33)21-25-11-10-12-27(37)18-25/h6-20,22-23H,5,21H2,1-4H3. The largest absolute Gasteiger partial charge is 0.494 e. The van der Waals surface area contributed by atoms with Crippen LogP contribution in [0.1, 0.15) is 48.9 Å². The van der Waals surface area contributed by atoms with Gasteiger partial charge in [0, 0.05) is 34.8 Å². The molecule has 0 N–H and O–H groups in total. The van der Waals surface area contributed by atoms with E-state index in [9.17, 15) is 9.18 Å². The molecule has 0 fully saturated rings. The van der Waals surface area contributed by atoms with E-state index in [0.29, 0.717) is 29.9 Å². The summed E-state index contributed by atoms with van der Waals surface area (Å²) in [5.74, 6) is 1.24. The minimum Gasteiger partial charge on any atom is -0.494 e. The summed E-state index contributed by atoms with van der Waals surface area (Å²) >= 11 is 0. The number of aromatic nitrogens is 3. The van der Waals surface area contributed by atoms with Gasteiger partial charge in [0.25, 0.3) is 5.56 Å². The summed E-state index contributed by atoms with van der Waals surface area (Å²) in [5.41, 5.74) is 5.84. The summed E-state index contributed by atoms with van der Waals surface area (Å²) in [6.07, 6.45) is 3.69. The van der Waals surface area contributed by atoms with Crippen LogP contribution < -0.4 is 10.3 Å². The number of aryl methyl sites for hydroxylation is 1. The fraction of sp³-hybridized carbons (Fsp3) is 0.194. The van der Waals surface area contributed by atoms with Crippen molar-refractivity contribution in [2.45, 2.75) is 40.2 Å². The molecule has 6 aromatic rings. The number of benzene rings is 4. The van der Waals surface area contributed by atoms with Crippen LogP contribution in [0.4, 0.5) is 4.39 Å². The number of para-hydroxylation sites is 2. The first kappa shape index (κ1) is 28.1. The Kier molecular flexibility index (Phi) is 7.63. The molecule has 0 aliphatic carbocycles. The van der Waals surface area contributed by atoms with Gasteiger partial charge in [0.1, 0.15) is 11.6 Å². The molecule has 216 valence electrons. The zero-order valence-electron chi connectivity index (χ0n) is 24.7. The maximum Gasteiger partial charge on any atom is 0.282 e. The van der Waals surface area contributed by atoms with Crippen LogP contribution in [0.3, 0.4) is 0 Å². The molecule has 4 aromatic carbocycles. The molecule has 7 heteroatoms. The third-order valence-corrected chi connectivity index (χ3v) is 7.65. The zero-order chi connectivity index (χ0) is 30.1. The molecule has 0 amide bonds. The number of halogens is 1. The van der Waals surface area contributed by atoms with Gasteiger partial charge in [-0.1, -0.05) is 56.3 Å². The number of rotatable bonds is 8. The zero-order valence-corrected chi connectivity index (χ0v) is 24.7. The normalized spacial score (nSPS) is 11.8. The topological polar surface area (TPSA) is 61.4 Å². The van der Waals surface area contributed by atoms with E-state index in [2.05, 4.69) is 24.5 Å². The molecule has 0 unspecified atom stereocenters. The van der Waals surface area contributed by atoms with Gasteiger partial charge in [-0.05, 0) is 78.9 Å². The summed E-state index contributed by atoms with van der Waals surface area (Å²) in [6.45, 7) is 9.27. The van der Waals surface area contributed by atoms with Crippen molar-refractivity contribution in [1.82, 2.24) is 14.2 Å². The second-order valence-electron chi connectivity index (χ2n) is 11.0. The lowest BCUT2D eigenvalue weighted by molar-refractivity contribution is 0.335. The molecule has 0 atom stereocenters. The molecule has 0 aliphatic heterocycles. The SMILES string of the molecule is CCOc1cc(C)c(-c2nc3ccccc3c(=O)n2N=Cc2cn(Cc3cccc(F)c3)c3ccccc23)cc1C(C)C. The van der Waals surface area contributed by atoms with Crippen molar-refractivity contribution in [2.75, 3.05) is 6.61 Å². The van der Waals surface area contributed by atoms with E-state index in [4.69, 9.17) is 14.8 Å². The molecular formula is C36H33FN4O2. The molecular weight excluding hydrogens is 539 g/mol. The van der Waals surface area contributed by atoms with E-state index in [1.165, 1.54) is 10.7 Å². The first-order valence-electron chi connectivity index (χ1n) is 14.5. The lowest BCUT2D eigenvalue weighted by atomic mass is 9.96. The van der Waals surface area contributed by atoms with Crippen molar-refractivity contribution in [1.29, 1.82) is 0 Å². The smallest absolute Gasteiger partial charge is 0.282 e. The highest BCUT2D eigenvalue weighted by molar-refractivity contribution is 5.99. The van der Waals surface area contributed by atoms with Crippen LogP contribution in [-0.2, 0) is 6.54 Å². The number of fused-ring (bicyclic) bond motifs is 2. The molecule has 2 aromatic heterocycles. The van der Waals surface area contributed by atoms with E-state index >= 15 is 0 Å². The lowest BCUT2D eigenvalue weighted by Gasteiger charge is -2.18. The van der Waals surface area contributed by atoms with Crippen molar-refractivity contribution in [3.63, 3.8) is 0 Å². The molecule has 6 nitrogen and oxygen atoms in total. The Hall–Kier alpha value is -5.04. The van der Waals surface area contributed by atoms with Crippen molar-refractivity contribution in [2.24, 2.45) is 5.10 Å². The van der Waals surface area contributed by atoms with Gasteiger partial charge in [0.15, 0.2) is 5.82 Å².